The van der Waals surface area contributed by atoms with Crippen LogP contribution in [0, 0.1) is 0 Å². The summed E-state index contributed by atoms with van der Waals surface area (Å²) in [6.45, 7) is -4.88. The third-order valence-corrected chi connectivity index (χ3v) is 7.15. The molecule has 230 valence electrons. The van der Waals surface area contributed by atoms with E-state index in [4.69, 9.17) is 0 Å². The van der Waals surface area contributed by atoms with Crippen molar-refractivity contribution in [3.63, 3.8) is 0 Å². The van der Waals surface area contributed by atoms with Crippen LogP contribution in [0.1, 0.15) is 29.0 Å². The summed E-state index contributed by atoms with van der Waals surface area (Å²) in [4.78, 5) is 19.8. The van der Waals surface area contributed by atoms with Crippen molar-refractivity contribution in [3.05, 3.63) is 60.4 Å². The van der Waals surface area contributed by atoms with Gasteiger partial charge in [0, 0.05) is 24.6 Å². The van der Waals surface area contributed by atoms with Crippen LogP contribution in [0.25, 0.3) is 16.9 Å². The van der Waals surface area contributed by atoms with Crippen LogP contribution in [-0.2, 0) is 13.1 Å². The maximum atomic E-state index is 13.4. The molecule has 0 aliphatic carbocycles. The molecule has 1 atom stereocenters. The minimum atomic E-state index is -3.24. The summed E-state index contributed by atoms with van der Waals surface area (Å²) in [5.74, 6) is -0.901. The average Bonchev–Trinajstić information content (AvgIpc) is 3.78. The van der Waals surface area contributed by atoms with Crippen molar-refractivity contribution in [3.8, 4) is 22.8 Å². The maximum absolute atomic E-state index is 13.4. The van der Waals surface area contributed by atoms with E-state index in [1.165, 1.54) is 27.8 Å². The van der Waals surface area contributed by atoms with Gasteiger partial charge in [-0.25, -0.2) is 14.2 Å². The number of alkyl halides is 4. The van der Waals surface area contributed by atoms with Gasteiger partial charge in [-0.1, -0.05) is 0 Å². The van der Waals surface area contributed by atoms with Crippen LogP contribution in [0.4, 0.5) is 23.2 Å². The second kappa shape index (κ2) is 12.2. The highest BCUT2D eigenvalue weighted by molar-refractivity contribution is 6.09. The van der Waals surface area contributed by atoms with Crippen LogP contribution < -0.4 is 14.8 Å². The fraction of sp³-hybridized carbons (Fsp3) is 0.346. The number of nitrogens with zero attached hydrogens (tertiary/aromatic N) is 10. The van der Waals surface area contributed by atoms with Gasteiger partial charge < -0.3 is 19.7 Å². The number of hydrogen-bond donors (Lipinski definition) is 1. The molecule has 1 fully saturated rings. The summed E-state index contributed by atoms with van der Waals surface area (Å²) in [7, 11) is 2.03. The summed E-state index contributed by atoms with van der Waals surface area (Å²) in [6.07, 6.45) is 7.91. The molecule has 18 heteroatoms. The van der Waals surface area contributed by atoms with E-state index < -0.39 is 19.1 Å². The summed E-state index contributed by atoms with van der Waals surface area (Å²) >= 11 is 0. The standard InChI is InChI=1S/C26H25F4N11O3/c1-38-8-2-4-15(38)12-41-21(34-36-37-41)14-39-13-19(33-24(42)18-11-32-40-9-3-7-31-23(18)40)22(35-39)17-10-16(43-25(27)28)5-6-20(17)44-26(29)30/h3,5-7,9-11,13,15,25-26H,2,4,8,12,14H2,1H3,(H,33,42)/t15-/m0/s1. The molecule has 0 radical (unpaired) electrons. The second-order valence-corrected chi connectivity index (χ2v) is 9.96. The molecule has 6 rings (SSSR count). The number of nitrogens with one attached hydrogen (secondary N) is 1. The topological polar surface area (TPSA) is 142 Å². The van der Waals surface area contributed by atoms with Gasteiger partial charge >= 0.3 is 13.2 Å². The van der Waals surface area contributed by atoms with E-state index in [9.17, 15) is 22.4 Å². The Morgan fingerprint density at radius 3 is 2.80 bits per heavy atom. The van der Waals surface area contributed by atoms with Gasteiger partial charge in [-0.05, 0) is 61.1 Å². The summed E-state index contributed by atoms with van der Waals surface area (Å²) in [5.41, 5.74) is 0.236. The highest BCUT2D eigenvalue weighted by Gasteiger charge is 2.25. The highest BCUT2D eigenvalue weighted by atomic mass is 19.3. The predicted octanol–water partition coefficient (Wildman–Crippen LogP) is 3.18. The molecule has 0 unspecified atom stereocenters. The fourth-order valence-corrected chi connectivity index (χ4v) is 5.07. The Morgan fingerprint density at radius 1 is 1.18 bits per heavy atom. The molecular weight excluding hydrogens is 590 g/mol. The number of hydrogen-bond acceptors (Lipinski definition) is 10. The molecule has 1 aromatic carbocycles. The fourth-order valence-electron chi connectivity index (χ4n) is 5.07. The van der Waals surface area contributed by atoms with Crippen molar-refractivity contribution in [2.75, 3.05) is 18.9 Å². The van der Waals surface area contributed by atoms with Crippen molar-refractivity contribution >= 4 is 17.2 Å². The summed E-state index contributed by atoms with van der Waals surface area (Å²) < 4.78 is 66.4. The smallest absolute Gasteiger partial charge is 0.387 e. The molecule has 4 aromatic heterocycles. The molecule has 44 heavy (non-hydrogen) atoms. The second-order valence-electron chi connectivity index (χ2n) is 9.96. The Hall–Kier alpha value is -5.13. The number of likely N-dealkylation sites (N-methyl/N-ethyl adjacent to an activating group) is 1. The number of likely N-dealkylation sites (tertiary alicyclic amines) is 1. The number of benzene rings is 1. The van der Waals surface area contributed by atoms with Gasteiger partial charge in [0.15, 0.2) is 11.5 Å². The summed E-state index contributed by atoms with van der Waals surface area (Å²) in [6, 6.07) is 5.06. The zero-order valence-electron chi connectivity index (χ0n) is 23.1. The third-order valence-electron chi connectivity index (χ3n) is 7.15. The van der Waals surface area contributed by atoms with Crippen molar-refractivity contribution in [1.82, 2.24) is 49.5 Å². The first-order valence-corrected chi connectivity index (χ1v) is 13.4. The average molecular weight is 616 g/mol. The zero-order chi connectivity index (χ0) is 30.8. The molecule has 1 amide bonds. The lowest BCUT2D eigenvalue weighted by molar-refractivity contribution is -0.0526. The SMILES string of the molecule is CN1CCC[C@H]1Cn1nnnc1Cn1cc(NC(=O)c2cnn3cccnc23)c(-c2cc(OC(F)F)ccc2OC(F)F)n1. The van der Waals surface area contributed by atoms with E-state index in [0.717, 1.165) is 37.6 Å². The minimum Gasteiger partial charge on any atom is -0.435 e. The van der Waals surface area contributed by atoms with Gasteiger partial charge in [-0.3, -0.25) is 9.48 Å². The van der Waals surface area contributed by atoms with Crippen molar-refractivity contribution in [2.45, 2.75) is 45.2 Å². The Kier molecular flexibility index (Phi) is 8.05. The van der Waals surface area contributed by atoms with E-state index >= 15 is 0 Å². The number of anilines is 1. The van der Waals surface area contributed by atoms with Crippen LogP contribution in [0.5, 0.6) is 11.5 Å². The lowest BCUT2D eigenvalue weighted by Gasteiger charge is -2.19. The number of carbonyl (C=O) groups excluding carboxylic acids is 1. The monoisotopic (exact) mass is 615 g/mol. The largest absolute Gasteiger partial charge is 0.435 e. The predicted molar refractivity (Wildman–Crippen MR) is 144 cm³/mol. The normalized spacial score (nSPS) is 15.5. The first-order chi connectivity index (χ1) is 21.2. The van der Waals surface area contributed by atoms with Gasteiger partial charge in [-0.15, -0.1) is 5.10 Å². The van der Waals surface area contributed by atoms with Crippen LogP contribution in [-0.4, -0.2) is 88.3 Å². The lowest BCUT2D eigenvalue weighted by atomic mass is 10.1. The number of halogens is 4. The molecule has 1 aliphatic heterocycles. The van der Waals surface area contributed by atoms with Crippen LogP contribution in [0.2, 0.25) is 0 Å². The molecule has 5 aromatic rings. The Labute approximate surface area is 246 Å². The number of fused-ring (bicyclic) bond motifs is 1. The molecular formula is C26H25F4N11O3. The Bertz CT molecular complexity index is 1770. The first-order valence-electron chi connectivity index (χ1n) is 13.4. The Balaban J connectivity index is 1.38. The van der Waals surface area contributed by atoms with E-state index in [-0.39, 0.29) is 52.2 Å². The van der Waals surface area contributed by atoms with E-state index in [1.807, 2.05) is 7.05 Å². The van der Waals surface area contributed by atoms with Gasteiger partial charge in [-0.2, -0.15) is 27.8 Å². The number of rotatable bonds is 11. The van der Waals surface area contributed by atoms with Crippen molar-refractivity contribution in [2.24, 2.45) is 0 Å². The van der Waals surface area contributed by atoms with Crippen LogP contribution in [0.3, 0.4) is 0 Å². The summed E-state index contributed by atoms with van der Waals surface area (Å²) in [5, 5.41) is 23.4. The number of amides is 1. The molecule has 0 bridgehead atoms. The first kappa shape index (κ1) is 29.0. The van der Waals surface area contributed by atoms with Gasteiger partial charge in [0.2, 0.25) is 0 Å². The van der Waals surface area contributed by atoms with E-state index in [1.54, 1.807) is 16.9 Å². The molecule has 1 saturated heterocycles. The molecule has 1 aliphatic rings. The van der Waals surface area contributed by atoms with Crippen molar-refractivity contribution in [1.29, 1.82) is 0 Å². The number of ether oxygens (including phenoxy) is 2. The van der Waals surface area contributed by atoms with Gasteiger partial charge in [0.25, 0.3) is 5.91 Å². The van der Waals surface area contributed by atoms with Crippen molar-refractivity contribution < 1.29 is 31.8 Å². The zero-order valence-corrected chi connectivity index (χ0v) is 23.1. The molecule has 5 heterocycles. The van der Waals surface area contributed by atoms with Crippen LogP contribution in [0.15, 0.2) is 49.1 Å². The highest BCUT2D eigenvalue weighted by Crippen LogP contribution is 2.38. The van der Waals surface area contributed by atoms with Gasteiger partial charge in [0.1, 0.15) is 29.3 Å². The van der Waals surface area contributed by atoms with E-state index in [2.05, 4.69) is 50.4 Å². The third kappa shape index (κ3) is 6.14. The quantitative estimate of drug-likeness (QED) is 0.220. The number of tetrazole rings is 1. The van der Waals surface area contributed by atoms with Gasteiger partial charge in [0.05, 0.1) is 24.0 Å². The molecule has 1 N–H and O–H groups in total. The lowest BCUT2D eigenvalue weighted by Crippen LogP contribution is -2.30. The van der Waals surface area contributed by atoms with E-state index in [0.29, 0.717) is 12.4 Å². The molecule has 14 nitrogen and oxygen atoms in total. The Morgan fingerprint density at radius 2 is 2.02 bits per heavy atom. The number of aromatic nitrogens is 9. The minimum absolute atomic E-state index is 0.0306. The maximum Gasteiger partial charge on any atom is 0.387 e. The number of carbonyl (C=O) groups is 1. The van der Waals surface area contributed by atoms with Crippen LogP contribution >= 0.6 is 0 Å². The molecule has 0 spiro atoms. The molecule has 0 saturated carbocycles.